The lowest BCUT2D eigenvalue weighted by atomic mass is 9.49. The highest BCUT2D eigenvalue weighted by atomic mass is 16.3. The number of nitrogens with zero attached hydrogens (tertiary/aromatic N) is 3. The average molecular weight is 338 g/mol. The molecule has 0 unspecified atom stereocenters. The van der Waals surface area contributed by atoms with E-state index in [-0.39, 0.29) is 5.75 Å². The van der Waals surface area contributed by atoms with Gasteiger partial charge in [0.1, 0.15) is 11.6 Å². The Morgan fingerprint density at radius 1 is 1.04 bits per heavy atom. The van der Waals surface area contributed by atoms with E-state index < -0.39 is 10.8 Å². The summed E-state index contributed by atoms with van der Waals surface area (Å²) in [7, 11) is 18.4. The minimum atomic E-state index is -1.78. The molecule has 1 aromatic carbocycles. The van der Waals surface area contributed by atoms with Crippen molar-refractivity contribution in [2.24, 2.45) is 0 Å². The summed E-state index contributed by atoms with van der Waals surface area (Å²) >= 11 is 0. The number of benzene rings is 1. The molecule has 2 heterocycles. The number of pyridine rings is 1. The Bertz CT molecular complexity index is 998. The van der Waals surface area contributed by atoms with Crippen LogP contribution in [0, 0.1) is 0 Å². The fourth-order valence-corrected chi connectivity index (χ4v) is 2.52. The third kappa shape index (κ3) is 3.52. The molecule has 6 nitrogen and oxygen atoms in total. The first-order valence-corrected chi connectivity index (χ1v) is 7.74. The zero-order chi connectivity index (χ0) is 18.9. The molecule has 0 saturated heterocycles. The van der Waals surface area contributed by atoms with Crippen molar-refractivity contribution in [3.05, 3.63) is 59.0 Å². The Morgan fingerprint density at radius 2 is 1.77 bits per heavy atom. The molecule has 0 spiro atoms. The van der Waals surface area contributed by atoms with Gasteiger partial charge < -0.3 is 15.0 Å². The van der Waals surface area contributed by atoms with E-state index in [1.165, 1.54) is 12.3 Å². The smallest absolute Gasteiger partial charge is 0.249 e. The summed E-state index contributed by atoms with van der Waals surface area (Å²) in [5, 5.41) is 19.5. The van der Waals surface area contributed by atoms with Gasteiger partial charge in [-0.2, -0.15) is 0 Å². The van der Waals surface area contributed by atoms with Crippen molar-refractivity contribution in [1.82, 2.24) is 14.8 Å². The van der Waals surface area contributed by atoms with E-state index in [1.54, 1.807) is 43.4 Å². The number of hydrogen-bond acceptors (Lipinski definition) is 5. The maximum atomic E-state index is 12.1. The van der Waals surface area contributed by atoms with E-state index in [1.807, 2.05) is 0 Å². The van der Waals surface area contributed by atoms with E-state index >= 15 is 0 Å². The maximum absolute atomic E-state index is 12.1. The van der Waals surface area contributed by atoms with E-state index in [0.717, 1.165) is 4.57 Å². The highest BCUT2D eigenvalue weighted by Crippen LogP contribution is 2.32. The van der Waals surface area contributed by atoms with Crippen LogP contribution in [0.5, 0.6) is 5.75 Å². The molecule has 0 bridgehead atoms. The molecule has 0 atom stereocenters. The summed E-state index contributed by atoms with van der Waals surface area (Å²) in [5.41, 5.74) is 1.85. The minimum Gasteiger partial charge on any atom is -0.507 e. The second-order valence-corrected chi connectivity index (χ2v) is 5.80. The number of anilines is 1. The number of nitrogens with one attached hydrogen (secondary N) is 1. The number of rotatable bonds is 4. The second kappa shape index (κ2) is 6.75. The van der Waals surface area contributed by atoms with Crippen molar-refractivity contribution in [2.45, 2.75) is 5.24 Å². The quantitative estimate of drug-likeness (QED) is 0.688. The molecule has 3 rings (SSSR count). The number of hydrogen-bond donors (Lipinski definition) is 2. The summed E-state index contributed by atoms with van der Waals surface area (Å²) in [6.07, 6.45) is 1.41. The van der Waals surface area contributed by atoms with Crippen LogP contribution in [0.25, 0.3) is 22.4 Å². The zero-order valence-electron chi connectivity index (χ0n) is 14.0. The summed E-state index contributed by atoms with van der Waals surface area (Å²) in [5.74, 6) is 0.644. The zero-order valence-corrected chi connectivity index (χ0v) is 14.0. The molecule has 3 aromatic rings. The van der Waals surface area contributed by atoms with Crippen LogP contribution < -0.4 is 10.9 Å². The standard InChI is InChI=1S/C17H13B3N4O2/c1-21-15-5-4-13(22-23-15)12-3-2-10(8-14(12)25)11-6-7-24(16(26)9-11)17(18,19)20/h2-9,25H,1H3,(H,21,23). The number of phenolic OH excluding ortho intramolecular Hbond substituents is 1. The topological polar surface area (TPSA) is 80.0 Å². The third-order valence-electron chi connectivity index (χ3n) is 3.86. The third-order valence-corrected chi connectivity index (χ3v) is 3.86. The molecule has 2 N–H and O–H groups in total. The Labute approximate surface area is 154 Å². The van der Waals surface area contributed by atoms with Gasteiger partial charge in [-0.05, 0) is 41.5 Å². The second-order valence-electron chi connectivity index (χ2n) is 5.80. The lowest BCUT2D eigenvalue weighted by molar-refractivity contribution is 0.477. The van der Waals surface area contributed by atoms with Crippen molar-refractivity contribution in [2.75, 3.05) is 12.4 Å². The largest absolute Gasteiger partial charge is 0.507 e. The SMILES string of the molecule is [B]C([B])([B])n1ccc(-c2ccc(-c3ccc(NC)nn3)c(O)c2)cc1=O. The van der Waals surface area contributed by atoms with E-state index in [9.17, 15) is 9.90 Å². The maximum Gasteiger partial charge on any atom is 0.249 e. The van der Waals surface area contributed by atoms with Crippen LogP contribution in [-0.2, 0) is 5.24 Å². The van der Waals surface area contributed by atoms with Crippen LogP contribution in [0.3, 0.4) is 0 Å². The average Bonchev–Trinajstić information content (AvgIpc) is 2.60. The first kappa shape index (κ1) is 17.9. The van der Waals surface area contributed by atoms with Crippen LogP contribution in [0.15, 0.2) is 53.5 Å². The van der Waals surface area contributed by atoms with Crippen molar-refractivity contribution in [3.8, 4) is 28.1 Å². The minimum absolute atomic E-state index is 0.0176. The molecular formula is C17H13B3N4O2. The molecule has 2 aromatic heterocycles. The lowest BCUT2D eigenvalue weighted by Gasteiger charge is -2.24. The highest BCUT2D eigenvalue weighted by molar-refractivity contribution is 6.56. The van der Waals surface area contributed by atoms with Gasteiger partial charge in [-0.1, -0.05) is 11.3 Å². The molecule has 0 aliphatic carbocycles. The number of aromatic nitrogens is 3. The summed E-state index contributed by atoms with van der Waals surface area (Å²) in [6, 6.07) is 11.5. The first-order valence-electron chi connectivity index (χ1n) is 7.74. The van der Waals surface area contributed by atoms with Gasteiger partial charge in [-0.15, -0.1) is 10.2 Å². The number of phenols is 1. The fraction of sp³-hybridized carbons (Fsp3) is 0.118. The van der Waals surface area contributed by atoms with E-state index in [2.05, 4.69) is 15.5 Å². The van der Waals surface area contributed by atoms with Crippen molar-refractivity contribution >= 4 is 29.4 Å². The lowest BCUT2D eigenvalue weighted by Crippen LogP contribution is -2.42. The molecule has 9 heteroatoms. The molecule has 122 valence electrons. The molecule has 26 heavy (non-hydrogen) atoms. The molecule has 6 radical (unpaired) electrons. The Hall–Kier alpha value is -2.96. The predicted molar refractivity (Wildman–Crippen MR) is 104 cm³/mol. The number of aromatic hydroxyl groups is 1. The van der Waals surface area contributed by atoms with Gasteiger partial charge in [0.2, 0.25) is 5.56 Å². The molecule has 0 aliphatic rings. The van der Waals surface area contributed by atoms with Crippen LogP contribution in [-0.4, -0.2) is 50.5 Å². The summed E-state index contributed by atoms with van der Waals surface area (Å²) in [6.45, 7) is 0. The van der Waals surface area contributed by atoms with Crippen molar-refractivity contribution in [1.29, 1.82) is 0 Å². The monoisotopic (exact) mass is 338 g/mol. The molecule has 0 fully saturated rings. The first-order chi connectivity index (χ1) is 12.3. The van der Waals surface area contributed by atoms with Crippen LogP contribution in [0.2, 0.25) is 0 Å². The Balaban J connectivity index is 1.97. The van der Waals surface area contributed by atoms with Gasteiger partial charge in [0, 0.05) is 24.9 Å². The summed E-state index contributed by atoms with van der Waals surface area (Å²) in [4.78, 5) is 12.1. The molecule has 0 aliphatic heterocycles. The molecule has 0 amide bonds. The molecule has 0 saturated carbocycles. The van der Waals surface area contributed by atoms with Crippen LogP contribution in [0.4, 0.5) is 5.82 Å². The van der Waals surface area contributed by atoms with Gasteiger partial charge in [-0.25, -0.2) is 0 Å². The molecular weight excluding hydrogens is 325 g/mol. The fourth-order valence-electron chi connectivity index (χ4n) is 2.52. The predicted octanol–water partition coefficient (Wildman–Crippen LogP) is 0.793. The van der Waals surface area contributed by atoms with Crippen molar-refractivity contribution in [3.63, 3.8) is 0 Å². The Kier molecular flexibility index (Phi) is 4.63. The van der Waals surface area contributed by atoms with Crippen molar-refractivity contribution < 1.29 is 5.11 Å². The van der Waals surface area contributed by atoms with Gasteiger partial charge in [-0.3, -0.25) is 4.79 Å². The van der Waals surface area contributed by atoms with E-state index in [0.29, 0.717) is 28.2 Å². The normalized spacial score (nSPS) is 11.3. The van der Waals surface area contributed by atoms with Gasteiger partial charge in [0.15, 0.2) is 0 Å². The van der Waals surface area contributed by atoms with E-state index in [4.69, 9.17) is 23.5 Å². The van der Waals surface area contributed by atoms with Gasteiger partial charge in [0.25, 0.3) is 0 Å². The van der Waals surface area contributed by atoms with Crippen LogP contribution >= 0.6 is 0 Å². The Morgan fingerprint density at radius 3 is 2.31 bits per heavy atom. The van der Waals surface area contributed by atoms with Gasteiger partial charge in [0.05, 0.1) is 29.2 Å². The highest BCUT2D eigenvalue weighted by Gasteiger charge is 2.14. The van der Waals surface area contributed by atoms with Gasteiger partial charge >= 0.3 is 0 Å². The summed E-state index contributed by atoms with van der Waals surface area (Å²) < 4.78 is 1.02. The van der Waals surface area contributed by atoms with Crippen LogP contribution in [0.1, 0.15) is 0 Å².